The molecular weight excluding hydrogens is 358 g/mol. The minimum absolute atomic E-state index is 0.613. The molecule has 1 aromatic carbocycles. The third-order valence-electron chi connectivity index (χ3n) is 6.29. The molecule has 1 aliphatic carbocycles. The zero-order valence-electron chi connectivity index (χ0n) is 15.4. The van der Waals surface area contributed by atoms with Crippen molar-refractivity contribution in [2.45, 2.75) is 37.0 Å². The van der Waals surface area contributed by atoms with E-state index in [4.69, 9.17) is 0 Å². The number of likely N-dealkylation sites (tertiary alicyclic amines) is 1. The fourth-order valence-electron chi connectivity index (χ4n) is 4.78. The number of benzene rings is 1. The van der Waals surface area contributed by atoms with Crippen LogP contribution in [0.4, 0.5) is 0 Å². The summed E-state index contributed by atoms with van der Waals surface area (Å²) in [6.07, 6.45) is 11.5. The standard InChI is InChI=1S/C21H25N3O2S/c25-27(26)21(10-13-24(27)19-4-2-1-3-5-19)9-12-23(16-21)15-17-6-7-20-18(14-17)8-11-22-20/h2,4-8,11,14,22H,1,3,9-10,12-13,15-16H2/t21-/m0/s1. The van der Waals surface area contributed by atoms with Crippen molar-refractivity contribution in [2.75, 3.05) is 19.6 Å². The number of hydrogen-bond donors (Lipinski definition) is 1. The van der Waals surface area contributed by atoms with Crippen LogP contribution in [0.5, 0.6) is 0 Å². The van der Waals surface area contributed by atoms with Crippen LogP contribution in [0.25, 0.3) is 10.9 Å². The van der Waals surface area contributed by atoms with Gasteiger partial charge in [0.2, 0.25) is 10.0 Å². The van der Waals surface area contributed by atoms with Crippen LogP contribution in [0.3, 0.4) is 0 Å². The first-order valence-corrected chi connectivity index (χ1v) is 11.2. The monoisotopic (exact) mass is 383 g/mol. The lowest BCUT2D eigenvalue weighted by atomic mass is 10.0. The van der Waals surface area contributed by atoms with Crippen LogP contribution in [0.15, 0.2) is 54.4 Å². The molecule has 2 aliphatic heterocycles. The summed E-state index contributed by atoms with van der Waals surface area (Å²) < 4.78 is 27.8. The van der Waals surface area contributed by atoms with E-state index in [1.807, 2.05) is 12.3 Å². The van der Waals surface area contributed by atoms with Gasteiger partial charge in [-0.3, -0.25) is 9.21 Å². The van der Waals surface area contributed by atoms with Crippen molar-refractivity contribution >= 4 is 20.9 Å². The summed E-state index contributed by atoms with van der Waals surface area (Å²) in [6, 6.07) is 8.52. The summed E-state index contributed by atoms with van der Waals surface area (Å²) in [6.45, 7) is 2.89. The summed E-state index contributed by atoms with van der Waals surface area (Å²) in [7, 11) is -3.31. The number of aromatic nitrogens is 1. The smallest absolute Gasteiger partial charge is 0.242 e. The molecule has 2 aromatic rings. The summed E-state index contributed by atoms with van der Waals surface area (Å²) in [4.78, 5) is 5.52. The highest BCUT2D eigenvalue weighted by Gasteiger charge is 2.56. The second-order valence-corrected chi connectivity index (χ2v) is 10.2. The Labute approximate surface area is 160 Å². The second kappa shape index (κ2) is 6.24. The fourth-order valence-corrected chi connectivity index (χ4v) is 7.03. The highest BCUT2D eigenvalue weighted by Crippen LogP contribution is 2.43. The number of nitrogens with one attached hydrogen (secondary N) is 1. The first-order chi connectivity index (χ1) is 13.1. The Morgan fingerprint density at radius 1 is 1.11 bits per heavy atom. The molecule has 1 aromatic heterocycles. The Hall–Kier alpha value is -2.05. The van der Waals surface area contributed by atoms with Gasteiger partial charge in [0, 0.05) is 43.6 Å². The number of fused-ring (bicyclic) bond motifs is 1. The molecule has 5 rings (SSSR count). The first-order valence-electron chi connectivity index (χ1n) is 9.75. The van der Waals surface area contributed by atoms with Gasteiger partial charge in [-0.05, 0) is 60.9 Å². The maximum absolute atomic E-state index is 13.4. The maximum Gasteiger partial charge on any atom is 0.242 e. The van der Waals surface area contributed by atoms with Gasteiger partial charge in [0.25, 0.3) is 0 Å². The van der Waals surface area contributed by atoms with Gasteiger partial charge in [0.15, 0.2) is 0 Å². The largest absolute Gasteiger partial charge is 0.361 e. The SMILES string of the molecule is O=S1(=O)N(C2=CCCC=C2)CC[C@]12CCN(Cc1ccc3[nH]ccc3c1)C2. The zero-order valence-corrected chi connectivity index (χ0v) is 16.2. The molecule has 6 heteroatoms. The predicted octanol–water partition coefficient (Wildman–Crippen LogP) is 3.38. The average molecular weight is 384 g/mol. The van der Waals surface area contributed by atoms with Gasteiger partial charge in [-0.15, -0.1) is 0 Å². The van der Waals surface area contributed by atoms with Crippen LogP contribution in [0.2, 0.25) is 0 Å². The number of hydrogen-bond acceptors (Lipinski definition) is 3. The fraction of sp³-hybridized carbons (Fsp3) is 0.429. The predicted molar refractivity (Wildman–Crippen MR) is 108 cm³/mol. The number of rotatable bonds is 3. The molecule has 0 radical (unpaired) electrons. The Kier molecular flexibility index (Phi) is 3.95. The molecule has 1 atom stereocenters. The molecule has 0 saturated carbocycles. The van der Waals surface area contributed by atoms with Gasteiger partial charge in [-0.1, -0.05) is 18.2 Å². The molecule has 27 heavy (non-hydrogen) atoms. The van der Waals surface area contributed by atoms with Crippen molar-refractivity contribution in [1.82, 2.24) is 14.2 Å². The number of H-pyrrole nitrogens is 1. The van der Waals surface area contributed by atoms with E-state index in [0.29, 0.717) is 13.1 Å². The van der Waals surface area contributed by atoms with Gasteiger partial charge >= 0.3 is 0 Å². The molecule has 3 aliphatic rings. The van der Waals surface area contributed by atoms with Crippen LogP contribution in [0.1, 0.15) is 31.2 Å². The van der Waals surface area contributed by atoms with Crippen LogP contribution in [-0.2, 0) is 16.6 Å². The highest BCUT2D eigenvalue weighted by molar-refractivity contribution is 7.91. The molecule has 1 spiro atoms. The summed E-state index contributed by atoms with van der Waals surface area (Å²) in [5, 5.41) is 1.21. The lowest BCUT2D eigenvalue weighted by Gasteiger charge is -2.27. The lowest BCUT2D eigenvalue weighted by molar-refractivity contribution is 0.320. The third-order valence-corrected chi connectivity index (χ3v) is 8.90. The van der Waals surface area contributed by atoms with Crippen molar-refractivity contribution < 1.29 is 8.42 Å². The zero-order chi connectivity index (χ0) is 18.5. The third kappa shape index (κ3) is 2.74. The molecule has 1 N–H and O–H groups in total. The lowest BCUT2D eigenvalue weighted by Crippen LogP contribution is -2.41. The van der Waals surface area contributed by atoms with E-state index >= 15 is 0 Å². The van der Waals surface area contributed by atoms with Gasteiger partial charge in [0.1, 0.15) is 4.75 Å². The van der Waals surface area contributed by atoms with Crippen molar-refractivity contribution in [3.63, 3.8) is 0 Å². The summed E-state index contributed by atoms with van der Waals surface area (Å²) in [5.41, 5.74) is 3.25. The van der Waals surface area contributed by atoms with Crippen LogP contribution < -0.4 is 0 Å². The van der Waals surface area contributed by atoms with Crippen molar-refractivity contribution in [1.29, 1.82) is 0 Å². The highest BCUT2D eigenvalue weighted by atomic mass is 32.2. The summed E-state index contributed by atoms with van der Waals surface area (Å²) >= 11 is 0. The Bertz CT molecular complexity index is 1040. The van der Waals surface area contributed by atoms with E-state index in [1.54, 1.807) is 4.31 Å². The molecule has 0 unspecified atom stereocenters. The van der Waals surface area contributed by atoms with Crippen LogP contribution in [-0.4, -0.2) is 47.0 Å². The molecule has 0 bridgehead atoms. The normalized spacial score (nSPS) is 27.7. The van der Waals surface area contributed by atoms with Crippen molar-refractivity contribution in [3.05, 3.63) is 60.0 Å². The molecule has 2 fully saturated rings. The quantitative estimate of drug-likeness (QED) is 0.884. The van der Waals surface area contributed by atoms with E-state index in [9.17, 15) is 8.42 Å². The number of nitrogens with zero attached hydrogens (tertiary/aromatic N) is 2. The topological polar surface area (TPSA) is 56.4 Å². The van der Waals surface area contributed by atoms with Gasteiger partial charge < -0.3 is 4.98 Å². The van der Waals surface area contributed by atoms with Crippen molar-refractivity contribution in [2.24, 2.45) is 0 Å². The minimum atomic E-state index is -3.31. The number of aromatic amines is 1. The van der Waals surface area contributed by atoms with Crippen LogP contribution >= 0.6 is 0 Å². The van der Waals surface area contributed by atoms with E-state index < -0.39 is 14.8 Å². The Balaban J connectivity index is 1.35. The second-order valence-electron chi connectivity index (χ2n) is 7.98. The molecule has 2 saturated heterocycles. The van der Waals surface area contributed by atoms with E-state index in [1.165, 1.54) is 10.9 Å². The Morgan fingerprint density at radius 2 is 2.00 bits per heavy atom. The molecule has 3 heterocycles. The molecule has 5 nitrogen and oxygen atoms in total. The average Bonchev–Trinajstić information content (AvgIpc) is 3.35. The van der Waals surface area contributed by atoms with Crippen LogP contribution in [0, 0.1) is 0 Å². The molecule has 0 amide bonds. The Morgan fingerprint density at radius 3 is 2.85 bits per heavy atom. The summed E-state index contributed by atoms with van der Waals surface area (Å²) in [5.74, 6) is 0. The maximum atomic E-state index is 13.4. The molecule has 142 valence electrons. The minimum Gasteiger partial charge on any atom is -0.361 e. The van der Waals surface area contributed by atoms with Crippen molar-refractivity contribution in [3.8, 4) is 0 Å². The van der Waals surface area contributed by atoms with E-state index in [2.05, 4.69) is 46.3 Å². The number of allylic oxidation sites excluding steroid dienone is 3. The van der Waals surface area contributed by atoms with Gasteiger partial charge in [-0.2, -0.15) is 0 Å². The van der Waals surface area contributed by atoms with Gasteiger partial charge in [0.05, 0.1) is 0 Å². The number of sulfonamides is 1. The first kappa shape index (κ1) is 17.1. The van der Waals surface area contributed by atoms with E-state index in [-0.39, 0.29) is 0 Å². The molecular formula is C21H25N3O2S. The van der Waals surface area contributed by atoms with Gasteiger partial charge in [-0.25, -0.2) is 8.42 Å². The van der Waals surface area contributed by atoms with E-state index in [0.717, 1.165) is 50.0 Å².